The van der Waals surface area contributed by atoms with Gasteiger partial charge in [-0.3, -0.25) is 4.68 Å². The van der Waals surface area contributed by atoms with Crippen LogP contribution < -0.4 is 10.6 Å². The van der Waals surface area contributed by atoms with Crippen LogP contribution in [-0.4, -0.2) is 33.4 Å². The third kappa shape index (κ3) is 3.69. The summed E-state index contributed by atoms with van der Waals surface area (Å²) in [5.41, 5.74) is 2.03. The highest BCUT2D eigenvalue weighted by molar-refractivity contribution is 7.99. The number of rotatable bonds is 4. The van der Waals surface area contributed by atoms with Gasteiger partial charge in [0.1, 0.15) is 0 Å². The number of hydrogen-bond donors (Lipinski definition) is 2. The van der Waals surface area contributed by atoms with Crippen molar-refractivity contribution in [2.24, 2.45) is 7.05 Å². The Hall–Kier alpha value is -1.17. The third-order valence-electron chi connectivity index (χ3n) is 3.92. The SMILES string of the molecule is CS[C@@H]1CC[C@H](NC(=O)N[C@H](C)c2cn(C)nc2C)C1. The lowest BCUT2D eigenvalue weighted by Crippen LogP contribution is -2.42. The van der Waals surface area contributed by atoms with E-state index in [1.165, 1.54) is 6.42 Å². The Morgan fingerprint density at radius 1 is 1.55 bits per heavy atom. The summed E-state index contributed by atoms with van der Waals surface area (Å²) in [4.78, 5) is 12.0. The van der Waals surface area contributed by atoms with E-state index in [1.54, 1.807) is 4.68 Å². The molecule has 0 bridgehead atoms. The van der Waals surface area contributed by atoms with Gasteiger partial charge in [-0.15, -0.1) is 0 Å². The van der Waals surface area contributed by atoms with Gasteiger partial charge in [0.15, 0.2) is 0 Å². The van der Waals surface area contributed by atoms with Gasteiger partial charge < -0.3 is 10.6 Å². The van der Waals surface area contributed by atoms with Crippen molar-refractivity contribution in [3.63, 3.8) is 0 Å². The first kappa shape index (κ1) is 15.2. The summed E-state index contributed by atoms with van der Waals surface area (Å²) in [6, 6.07) is 0.212. The third-order valence-corrected chi connectivity index (χ3v) is 5.01. The Morgan fingerprint density at radius 3 is 2.85 bits per heavy atom. The van der Waals surface area contributed by atoms with E-state index in [0.29, 0.717) is 11.3 Å². The second-order valence-electron chi connectivity index (χ2n) is 5.55. The second-order valence-corrected chi connectivity index (χ2v) is 6.69. The van der Waals surface area contributed by atoms with Crippen molar-refractivity contribution in [2.45, 2.75) is 50.4 Å². The number of aryl methyl sites for hydroxylation is 2. The largest absolute Gasteiger partial charge is 0.335 e. The molecule has 1 aliphatic carbocycles. The predicted octanol–water partition coefficient (Wildman–Crippen LogP) is 2.37. The monoisotopic (exact) mass is 296 g/mol. The minimum absolute atomic E-state index is 0.0264. The van der Waals surface area contributed by atoms with E-state index >= 15 is 0 Å². The minimum atomic E-state index is -0.0764. The highest BCUT2D eigenvalue weighted by Crippen LogP contribution is 2.28. The molecule has 2 amide bonds. The summed E-state index contributed by atoms with van der Waals surface area (Å²) in [5, 5.41) is 11.1. The van der Waals surface area contributed by atoms with Crippen molar-refractivity contribution < 1.29 is 4.79 Å². The molecule has 5 nitrogen and oxygen atoms in total. The van der Waals surface area contributed by atoms with E-state index in [4.69, 9.17) is 0 Å². The zero-order valence-electron chi connectivity index (χ0n) is 12.6. The number of carbonyl (C=O) groups is 1. The van der Waals surface area contributed by atoms with E-state index in [9.17, 15) is 4.79 Å². The first-order valence-electron chi connectivity index (χ1n) is 7.09. The molecule has 0 spiro atoms. The molecule has 1 fully saturated rings. The fourth-order valence-corrected chi connectivity index (χ4v) is 3.63. The van der Waals surface area contributed by atoms with Crippen LogP contribution in [0.4, 0.5) is 4.79 Å². The Labute approximate surface area is 124 Å². The van der Waals surface area contributed by atoms with E-state index in [2.05, 4.69) is 22.0 Å². The highest BCUT2D eigenvalue weighted by atomic mass is 32.2. The Kier molecular flexibility index (Phi) is 4.96. The molecule has 2 rings (SSSR count). The first-order chi connectivity index (χ1) is 9.49. The Bertz CT molecular complexity index is 474. The van der Waals surface area contributed by atoms with Crippen molar-refractivity contribution in [3.8, 4) is 0 Å². The average molecular weight is 296 g/mol. The molecular formula is C14H24N4OS. The van der Waals surface area contributed by atoms with Gasteiger partial charge in [0.2, 0.25) is 0 Å². The molecule has 20 heavy (non-hydrogen) atoms. The Morgan fingerprint density at radius 2 is 2.30 bits per heavy atom. The number of thioether (sulfide) groups is 1. The van der Waals surface area contributed by atoms with Crippen molar-refractivity contribution in [3.05, 3.63) is 17.5 Å². The smallest absolute Gasteiger partial charge is 0.315 e. The van der Waals surface area contributed by atoms with Crippen LogP contribution >= 0.6 is 11.8 Å². The summed E-state index contributed by atoms with van der Waals surface area (Å²) in [5.74, 6) is 0. The number of hydrogen-bond acceptors (Lipinski definition) is 3. The van der Waals surface area contributed by atoms with E-state index in [1.807, 2.05) is 38.9 Å². The molecule has 1 saturated carbocycles. The molecule has 0 radical (unpaired) electrons. The van der Waals surface area contributed by atoms with Crippen LogP contribution in [-0.2, 0) is 7.05 Å². The van der Waals surface area contributed by atoms with Crippen molar-refractivity contribution in [1.29, 1.82) is 0 Å². The zero-order valence-corrected chi connectivity index (χ0v) is 13.5. The highest BCUT2D eigenvalue weighted by Gasteiger charge is 2.25. The summed E-state index contributed by atoms with van der Waals surface area (Å²) < 4.78 is 1.78. The fourth-order valence-electron chi connectivity index (χ4n) is 2.83. The van der Waals surface area contributed by atoms with E-state index in [0.717, 1.165) is 24.1 Å². The zero-order chi connectivity index (χ0) is 14.7. The molecule has 6 heteroatoms. The normalized spacial score (nSPS) is 23.6. The van der Waals surface area contributed by atoms with Gasteiger partial charge in [0.25, 0.3) is 0 Å². The van der Waals surface area contributed by atoms with Gasteiger partial charge in [-0.25, -0.2) is 4.79 Å². The van der Waals surface area contributed by atoms with Crippen molar-refractivity contribution in [1.82, 2.24) is 20.4 Å². The lowest BCUT2D eigenvalue weighted by Gasteiger charge is -2.17. The van der Waals surface area contributed by atoms with Crippen LogP contribution in [0.3, 0.4) is 0 Å². The fraction of sp³-hybridized carbons (Fsp3) is 0.714. The van der Waals surface area contributed by atoms with Gasteiger partial charge in [-0.05, 0) is 39.4 Å². The van der Waals surface area contributed by atoms with Gasteiger partial charge in [-0.2, -0.15) is 16.9 Å². The molecule has 0 aromatic carbocycles. The number of amides is 2. The van der Waals surface area contributed by atoms with Crippen LogP contribution in [0.15, 0.2) is 6.20 Å². The molecule has 0 saturated heterocycles. The molecule has 1 aromatic heterocycles. The number of urea groups is 1. The van der Waals surface area contributed by atoms with Gasteiger partial charge in [0, 0.05) is 30.1 Å². The number of nitrogens with one attached hydrogen (secondary N) is 2. The maximum absolute atomic E-state index is 12.0. The van der Waals surface area contributed by atoms with Crippen LogP contribution in [0.25, 0.3) is 0 Å². The quantitative estimate of drug-likeness (QED) is 0.897. The Balaban J connectivity index is 1.84. The van der Waals surface area contributed by atoms with E-state index in [-0.39, 0.29) is 12.1 Å². The molecule has 0 unspecified atom stereocenters. The van der Waals surface area contributed by atoms with Crippen LogP contribution in [0.5, 0.6) is 0 Å². The standard InChI is InChI=1S/C14H24N4OS/c1-9(13-8-18(3)17-10(13)2)15-14(19)16-11-5-6-12(7-11)20-4/h8-9,11-12H,5-7H2,1-4H3,(H2,15,16,19)/t9-,11+,12-/m1/s1. The summed E-state index contributed by atoms with van der Waals surface area (Å²) in [6.45, 7) is 3.95. The molecule has 2 N–H and O–H groups in total. The molecule has 112 valence electrons. The molecule has 1 aliphatic rings. The lowest BCUT2D eigenvalue weighted by atomic mass is 10.1. The molecule has 1 aromatic rings. The predicted molar refractivity (Wildman–Crippen MR) is 83.0 cm³/mol. The van der Waals surface area contributed by atoms with Gasteiger partial charge >= 0.3 is 6.03 Å². The topological polar surface area (TPSA) is 59.0 Å². The first-order valence-corrected chi connectivity index (χ1v) is 8.38. The number of carbonyl (C=O) groups excluding carboxylic acids is 1. The second kappa shape index (κ2) is 6.52. The average Bonchev–Trinajstić information content (AvgIpc) is 2.95. The lowest BCUT2D eigenvalue weighted by molar-refractivity contribution is 0.234. The summed E-state index contributed by atoms with van der Waals surface area (Å²) in [6.07, 6.45) is 7.46. The number of nitrogens with zero attached hydrogens (tertiary/aromatic N) is 2. The van der Waals surface area contributed by atoms with Crippen LogP contribution in [0.2, 0.25) is 0 Å². The van der Waals surface area contributed by atoms with Crippen LogP contribution in [0, 0.1) is 6.92 Å². The molecule has 0 aliphatic heterocycles. The maximum Gasteiger partial charge on any atom is 0.315 e. The van der Waals surface area contributed by atoms with Crippen molar-refractivity contribution >= 4 is 17.8 Å². The minimum Gasteiger partial charge on any atom is -0.335 e. The van der Waals surface area contributed by atoms with Gasteiger partial charge in [-0.1, -0.05) is 0 Å². The summed E-state index contributed by atoms with van der Waals surface area (Å²) in [7, 11) is 1.89. The number of aromatic nitrogens is 2. The maximum atomic E-state index is 12.0. The van der Waals surface area contributed by atoms with Crippen LogP contribution in [0.1, 0.15) is 43.5 Å². The van der Waals surface area contributed by atoms with Crippen molar-refractivity contribution in [2.75, 3.05) is 6.26 Å². The van der Waals surface area contributed by atoms with Gasteiger partial charge in [0.05, 0.1) is 11.7 Å². The molecule has 3 atom stereocenters. The molecular weight excluding hydrogens is 272 g/mol. The summed E-state index contributed by atoms with van der Waals surface area (Å²) >= 11 is 1.90. The van der Waals surface area contributed by atoms with E-state index < -0.39 is 0 Å². The molecule has 1 heterocycles.